The molecule has 3 N–H and O–H groups in total. The van der Waals surface area contributed by atoms with E-state index in [-0.39, 0.29) is 12.2 Å². The van der Waals surface area contributed by atoms with Gasteiger partial charge in [0.1, 0.15) is 12.3 Å². The Morgan fingerprint density at radius 3 is 2.94 bits per heavy atom. The predicted octanol–water partition coefficient (Wildman–Crippen LogP) is -0.368. The molecule has 0 saturated carbocycles. The zero-order valence-corrected chi connectivity index (χ0v) is 9.76. The van der Waals surface area contributed by atoms with E-state index < -0.39 is 23.3 Å². The summed E-state index contributed by atoms with van der Waals surface area (Å²) < 4.78 is 19.7. The third kappa shape index (κ3) is 2.22. The number of halogens is 1. The molecule has 1 saturated heterocycles. The van der Waals surface area contributed by atoms with Gasteiger partial charge < -0.3 is 4.74 Å². The molecule has 1 aliphatic rings. The smallest absolute Gasteiger partial charge is 0.330 e. The average Bonchev–Trinajstić information content (AvgIpc) is 2.76. The molecule has 2 heterocycles. The fourth-order valence-corrected chi connectivity index (χ4v) is 2.05. The third-order valence-electron chi connectivity index (χ3n) is 2.99. The van der Waals surface area contributed by atoms with Crippen LogP contribution in [0.4, 0.5) is 4.39 Å². The maximum Gasteiger partial charge on any atom is 0.330 e. The van der Waals surface area contributed by atoms with E-state index in [0.29, 0.717) is 12.8 Å². The van der Waals surface area contributed by atoms with Crippen molar-refractivity contribution in [3.8, 4) is 0 Å². The fourth-order valence-electron chi connectivity index (χ4n) is 2.05. The first kappa shape index (κ1) is 12.9. The molecule has 0 aromatic carbocycles. The van der Waals surface area contributed by atoms with Gasteiger partial charge in [-0.25, -0.2) is 10.7 Å². The highest BCUT2D eigenvalue weighted by Gasteiger charge is 2.36. The minimum Gasteiger partial charge on any atom is -0.352 e. The van der Waals surface area contributed by atoms with Gasteiger partial charge >= 0.3 is 5.69 Å². The second-order valence-corrected chi connectivity index (χ2v) is 4.09. The Balaban J connectivity index is 2.31. The number of aromatic nitrogens is 2. The second kappa shape index (κ2) is 5.01. The minimum absolute atomic E-state index is 0.262. The van der Waals surface area contributed by atoms with Crippen molar-refractivity contribution in [3.05, 3.63) is 32.9 Å². The Kier molecular flexibility index (Phi) is 3.60. The third-order valence-corrected chi connectivity index (χ3v) is 2.99. The highest BCUT2D eigenvalue weighted by atomic mass is 19.1. The van der Waals surface area contributed by atoms with Crippen LogP contribution in [0.25, 0.3) is 0 Å². The molecular formula is C10H14FN3O4. The topological polar surface area (TPSA) is 99.3 Å². The van der Waals surface area contributed by atoms with Crippen molar-refractivity contribution in [2.75, 3.05) is 0 Å². The number of nitrogens with zero attached hydrogens (tertiary/aromatic N) is 1. The maximum absolute atomic E-state index is 13.2. The first-order valence-electron chi connectivity index (χ1n) is 5.58. The number of nitrogens with two attached hydrogens (primary N) is 1. The zero-order valence-electron chi connectivity index (χ0n) is 9.76. The van der Waals surface area contributed by atoms with Gasteiger partial charge in [0.25, 0.3) is 5.56 Å². The van der Waals surface area contributed by atoms with Crippen LogP contribution in [-0.2, 0) is 9.57 Å². The highest BCUT2D eigenvalue weighted by molar-refractivity contribution is 4.91. The molecule has 0 spiro atoms. The second-order valence-electron chi connectivity index (χ2n) is 4.09. The minimum atomic E-state index is -1.05. The van der Waals surface area contributed by atoms with Gasteiger partial charge in [-0.15, -0.1) is 0 Å². The van der Waals surface area contributed by atoms with Gasteiger partial charge in [-0.05, 0) is 6.42 Å². The molecule has 2 rings (SSSR count). The Hall–Kier alpha value is -1.51. The molecule has 3 atom stereocenters. The molecule has 100 valence electrons. The summed E-state index contributed by atoms with van der Waals surface area (Å²) in [6.07, 6.45) is 0.489. The van der Waals surface area contributed by atoms with Crippen molar-refractivity contribution in [1.29, 1.82) is 0 Å². The number of aromatic amines is 1. The largest absolute Gasteiger partial charge is 0.352 e. The van der Waals surface area contributed by atoms with Gasteiger partial charge in [0.05, 0.1) is 12.3 Å². The predicted molar refractivity (Wildman–Crippen MR) is 59.2 cm³/mol. The fraction of sp³-hybridized carbons (Fsp3) is 0.600. The van der Waals surface area contributed by atoms with E-state index in [0.717, 1.165) is 10.8 Å². The van der Waals surface area contributed by atoms with E-state index in [1.807, 2.05) is 11.9 Å². The van der Waals surface area contributed by atoms with E-state index in [1.54, 1.807) is 0 Å². The van der Waals surface area contributed by atoms with Gasteiger partial charge in [-0.1, -0.05) is 6.92 Å². The highest BCUT2D eigenvalue weighted by Crippen LogP contribution is 2.30. The van der Waals surface area contributed by atoms with E-state index in [9.17, 15) is 14.0 Å². The number of rotatable bonds is 3. The lowest BCUT2D eigenvalue weighted by molar-refractivity contribution is -0.0415. The molecule has 0 bridgehead atoms. The molecule has 1 unspecified atom stereocenters. The van der Waals surface area contributed by atoms with Crippen LogP contribution in [0.15, 0.2) is 15.8 Å². The van der Waals surface area contributed by atoms with Crippen molar-refractivity contribution in [1.82, 2.24) is 9.55 Å². The van der Waals surface area contributed by atoms with Crippen LogP contribution in [0.1, 0.15) is 26.0 Å². The van der Waals surface area contributed by atoms with Crippen molar-refractivity contribution in [3.63, 3.8) is 0 Å². The molecule has 0 radical (unpaired) electrons. The van der Waals surface area contributed by atoms with Gasteiger partial charge in [-0.3, -0.25) is 19.2 Å². The monoisotopic (exact) mass is 259 g/mol. The number of ether oxygens (including phenoxy) is 1. The van der Waals surface area contributed by atoms with Crippen molar-refractivity contribution in [2.45, 2.75) is 38.2 Å². The molecular weight excluding hydrogens is 245 g/mol. The van der Waals surface area contributed by atoms with Gasteiger partial charge in [-0.2, -0.15) is 4.39 Å². The van der Waals surface area contributed by atoms with E-state index in [1.165, 1.54) is 0 Å². The Morgan fingerprint density at radius 1 is 1.67 bits per heavy atom. The van der Waals surface area contributed by atoms with Crippen LogP contribution >= 0.6 is 0 Å². The first-order valence-corrected chi connectivity index (χ1v) is 5.58. The van der Waals surface area contributed by atoms with E-state index in [2.05, 4.69) is 0 Å². The zero-order chi connectivity index (χ0) is 13.3. The number of nitrogens with one attached hydrogen (secondary N) is 1. The summed E-state index contributed by atoms with van der Waals surface area (Å²) in [7, 11) is 0. The van der Waals surface area contributed by atoms with Crippen molar-refractivity contribution in [2.24, 2.45) is 5.90 Å². The van der Waals surface area contributed by atoms with Gasteiger partial charge in [0.15, 0.2) is 0 Å². The molecule has 1 aliphatic heterocycles. The molecule has 1 aromatic rings. The Labute approximate surface area is 101 Å². The summed E-state index contributed by atoms with van der Waals surface area (Å²) in [5.74, 6) is 4.09. The van der Waals surface area contributed by atoms with Gasteiger partial charge in [0, 0.05) is 6.42 Å². The normalized spacial score (nSPS) is 27.6. The maximum atomic E-state index is 13.2. The van der Waals surface area contributed by atoms with E-state index in [4.69, 9.17) is 15.5 Å². The summed E-state index contributed by atoms with van der Waals surface area (Å²) in [5, 5.41) is 0. The number of H-pyrrole nitrogens is 1. The molecule has 1 aromatic heterocycles. The van der Waals surface area contributed by atoms with Crippen LogP contribution in [0.3, 0.4) is 0 Å². The lowest BCUT2D eigenvalue weighted by atomic mass is 10.1. The molecule has 18 heavy (non-hydrogen) atoms. The molecule has 8 heteroatoms. The van der Waals surface area contributed by atoms with Crippen LogP contribution in [0, 0.1) is 5.82 Å². The quantitative estimate of drug-likeness (QED) is 0.722. The first-order chi connectivity index (χ1) is 8.56. The van der Waals surface area contributed by atoms with Crippen LogP contribution in [0.2, 0.25) is 0 Å². The van der Waals surface area contributed by atoms with Crippen LogP contribution in [-0.4, -0.2) is 21.8 Å². The summed E-state index contributed by atoms with van der Waals surface area (Å²) >= 11 is 0. The number of hydrogen-bond acceptors (Lipinski definition) is 5. The van der Waals surface area contributed by atoms with Crippen LogP contribution < -0.4 is 17.1 Å². The lowest BCUT2D eigenvalue weighted by Gasteiger charge is -2.14. The standard InChI is InChI=1S/C10H14FN3O4/c1-2-6-7(18-12)3-8(17-6)14-4-5(11)9(15)13-10(14)16/h4,6-8H,2-3,12H2,1H3,(H,13,15,16)/t6-,7?,8-/m1/s1. The van der Waals surface area contributed by atoms with Gasteiger partial charge in [0.2, 0.25) is 5.82 Å². The molecule has 0 amide bonds. The lowest BCUT2D eigenvalue weighted by Crippen LogP contribution is -2.33. The van der Waals surface area contributed by atoms with Crippen molar-refractivity contribution >= 4 is 0 Å². The van der Waals surface area contributed by atoms with Crippen molar-refractivity contribution < 1.29 is 14.0 Å². The number of hydrogen-bond donors (Lipinski definition) is 2. The molecule has 1 fully saturated rings. The van der Waals surface area contributed by atoms with Crippen LogP contribution in [0.5, 0.6) is 0 Å². The summed E-state index contributed by atoms with van der Waals surface area (Å²) in [6, 6.07) is 0. The van der Waals surface area contributed by atoms with E-state index >= 15 is 0 Å². The SMILES string of the molecule is CC[C@H]1O[C@@H](n2cc(F)c(=O)[nH]c2=O)CC1ON. The summed E-state index contributed by atoms with van der Waals surface area (Å²) in [6.45, 7) is 1.88. The molecule has 0 aliphatic carbocycles. The Morgan fingerprint density at radius 2 is 2.39 bits per heavy atom. The average molecular weight is 259 g/mol. The summed E-state index contributed by atoms with van der Waals surface area (Å²) in [4.78, 5) is 29.1. The summed E-state index contributed by atoms with van der Waals surface area (Å²) in [5.41, 5.74) is -1.77. The molecule has 7 nitrogen and oxygen atoms in total. The Bertz CT molecular complexity index is 529.